The van der Waals surface area contributed by atoms with Gasteiger partial charge in [0.15, 0.2) is 0 Å². The number of benzene rings is 3. The van der Waals surface area contributed by atoms with Crippen LogP contribution in [0.5, 0.6) is 5.75 Å². The summed E-state index contributed by atoms with van der Waals surface area (Å²) in [6.45, 7) is 1.76. The largest absolute Gasteiger partial charge is 0.497 e. The molecule has 4 aromatic rings. The maximum atomic E-state index is 12.9. The third-order valence-corrected chi connectivity index (χ3v) is 6.09. The number of hydrogen-bond acceptors (Lipinski definition) is 5. The molecule has 0 aliphatic rings. The first-order valence-electron chi connectivity index (χ1n) is 9.15. The minimum absolute atomic E-state index is 0.123. The van der Waals surface area contributed by atoms with Crippen molar-refractivity contribution in [3.8, 4) is 11.4 Å². The number of anilines is 1. The number of rotatable bonds is 5. The van der Waals surface area contributed by atoms with E-state index in [-0.39, 0.29) is 10.5 Å². The topological polar surface area (TPSA) is 90.3 Å². The number of ether oxygens (including phenoxy) is 1. The molecule has 0 aliphatic heterocycles. The molecule has 8 heteroatoms. The van der Waals surface area contributed by atoms with Crippen molar-refractivity contribution in [2.24, 2.45) is 0 Å². The molecular weight excluding hydrogens is 402 g/mol. The number of fused-ring (bicyclic) bond motifs is 1. The maximum absolute atomic E-state index is 12.9. The number of hydrogen-bond donors (Lipinski definition) is 1. The lowest BCUT2D eigenvalue weighted by molar-refractivity contribution is 0.414. The Balaban J connectivity index is 1.65. The number of aryl methyl sites for hydroxylation is 1. The van der Waals surface area contributed by atoms with E-state index in [0.29, 0.717) is 33.9 Å². The number of nitrogens with zero attached hydrogens (tertiary/aromatic N) is 2. The summed E-state index contributed by atoms with van der Waals surface area (Å²) in [6.07, 6.45) is 0. The zero-order chi connectivity index (χ0) is 21.3. The highest BCUT2D eigenvalue weighted by atomic mass is 32.2. The summed E-state index contributed by atoms with van der Waals surface area (Å²) in [5.41, 5.74) is 1.45. The lowest BCUT2D eigenvalue weighted by Gasteiger charge is -2.12. The van der Waals surface area contributed by atoms with E-state index in [0.717, 1.165) is 0 Å². The Kier molecular flexibility index (Phi) is 5.01. The zero-order valence-corrected chi connectivity index (χ0v) is 17.2. The number of nitrogens with one attached hydrogen (secondary N) is 1. The molecule has 1 N–H and O–H groups in total. The number of para-hydroxylation sites is 1. The molecule has 4 rings (SSSR count). The number of sulfonamides is 1. The van der Waals surface area contributed by atoms with Gasteiger partial charge in [0.2, 0.25) is 0 Å². The van der Waals surface area contributed by atoms with Crippen molar-refractivity contribution in [1.82, 2.24) is 9.55 Å². The van der Waals surface area contributed by atoms with Crippen LogP contribution in [0, 0.1) is 6.92 Å². The molecule has 152 valence electrons. The highest BCUT2D eigenvalue weighted by Crippen LogP contribution is 2.20. The molecule has 30 heavy (non-hydrogen) atoms. The third-order valence-electron chi connectivity index (χ3n) is 4.69. The van der Waals surface area contributed by atoms with E-state index >= 15 is 0 Å². The van der Waals surface area contributed by atoms with Crippen LogP contribution in [0.4, 0.5) is 5.69 Å². The summed E-state index contributed by atoms with van der Waals surface area (Å²) in [6, 6.07) is 19.8. The van der Waals surface area contributed by atoms with Crippen LogP contribution in [0.3, 0.4) is 0 Å². The summed E-state index contributed by atoms with van der Waals surface area (Å²) >= 11 is 0. The van der Waals surface area contributed by atoms with Crippen LogP contribution in [0.25, 0.3) is 16.6 Å². The molecule has 0 amide bonds. The molecular formula is C22H19N3O4S. The smallest absolute Gasteiger partial charge is 0.265 e. The van der Waals surface area contributed by atoms with Gasteiger partial charge in [0, 0.05) is 5.69 Å². The molecule has 0 bridgehead atoms. The Hall–Kier alpha value is -3.65. The van der Waals surface area contributed by atoms with E-state index in [1.54, 1.807) is 61.5 Å². The van der Waals surface area contributed by atoms with E-state index in [4.69, 9.17) is 4.74 Å². The zero-order valence-electron chi connectivity index (χ0n) is 16.4. The quantitative estimate of drug-likeness (QED) is 0.533. The summed E-state index contributed by atoms with van der Waals surface area (Å²) in [7, 11) is -2.23. The van der Waals surface area contributed by atoms with Gasteiger partial charge >= 0.3 is 0 Å². The second-order valence-corrected chi connectivity index (χ2v) is 8.33. The third kappa shape index (κ3) is 3.65. The van der Waals surface area contributed by atoms with Gasteiger partial charge in [0.05, 0.1) is 28.6 Å². The Morgan fingerprint density at radius 1 is 0.933 bits per heavy atom. The van der Waals surface area contributed by atoms with Crippen LogP contribution in [0.15, 0.2) is 82.5 Å². The molecule has 7 nitrogen and oxygen atoms in total. The number of aromatic nitrogens is 2. The summed E-state index contributed by atoms with van der Waals surface area (Å²) in [4.78, 5) is 17.5. The van der Waals surface area contributed by atoms with Gasteiger partial charge in [-0.25, -0.2) is 13.4 Å². The van der Waals surface area contributed by atoms with Crippen molar-refractivity contribution in [3.63, 3.8) is 0 Å². The molecule has 0 spiro atoms. The first kappa shape index (κ1) is 19.7. The van der Waals surface area contributed by atoms with Crippen LogP contribution in [0.1, 0.15) is 5.82 Å². The molecule has 0 unspecified atom stereocenters. The van der Waals surface area contributed by atoms with Crippen molar-refractivity contribution in [1.29, 1.82) is 0 Å². The van der Waals surface area contributed by atoms with E-state index in [1.165, 1.54) is 23.8 Å². The molecule has 0 fully saturated rings. The van der Waals surface area contributed by atoms with E-state index < -0.39 is 10.0 Å². The molecule has 0 saturated heterocycles. The SMILES string of the molecule is COc1ccc(S(=O)(=O)Nc2ccc(-n3c(C)nc4ccccc4c3=O)cc2)cc1. The first-order chi connectivity index (χ1) is 14.4. The van der Waals surface area contributed by atoms with Crippen molar-refractivity contribution in [2.75, 3.05) is 11.8 Å². The minimum Gasteiger partial charge on any atom is -0.497 e. The molecule has 0 saturated carbocycles. The van der Waals surface area contributed by atoms with Crippen molar-refractivity contribution in [2.45, 2.75) is 11.8 Å². The van der Waals surface area contributed by atoms with E-state index in [1.807, 2.05) is 6.07 Å². The van der Waals surface area contributed by atoms with Gasteiger partial charge in [0.1, 0.15) is 11.6 Å². The summed E-state index contributed by atoms with van der Waals surface area (Å²) in [5.74, 6) is 1.12. The van der Waals surface area contributed by atoms with Crippen LogP contribution >= 0.6 is 0 Å². The summed E-state index contributed by atoms with van der Waals surface area (Å²) < 4.78 is 34.3. The van der Waals surface area contributed by atoms with Gasteiger partial charge in [0.25, 0.3) is 15.6 Å². The van der Waals surface area contributed by atoms with Crippen molar-refractivity contribution >= 4 is 26.6 Å². The molecule has 0 atom stereocenters. The second kappa shape index (κ2) is 7.64. The summed E-state index contributed by atoms with van der Waals surface area (Å²) in [5, 5.41) is 0.521. The predicted molar refractivity (Wildman–Crippen MR) is 116 cm³/mol. The highest BCUT2D eigenvalue weighted by molar-refractivity contribution is 7.92. The fourth-order valence-corrected chi connectivity index (χ4v) is 4.25. The molecule has 3 aromatic carbocycles. The molecule has 1 aromatic heterocycles. The van der Waals surface area contributed by atoms with Crippen LogP contribution < -0.4 is 15.0 Å². The van der Waals surface area contributed by atoms with Gasteiger partial charge in [-0.05, 0) is 67.6 Å². The van der Waals surface area contributed by atoms with Gasteiger partial charge in [-0.2, -0.15) is 0 Å². The Morgan fingerprint density at radius 2 is 1.60 bits per heavy atom. The average Bonchev–Trinajstić information content (AvgIpc) is 2.75. The van der Waals surface area contributed by atoms with Gasteiger partial charge in [-0.1, -0.05) is 12.1 Å². The average molecular weight is 421 g/mol. The first-order valence-corrected chi connectivity index (χ1v) is 10.6. The van der Waals surface area contributed by atoms with Crippen LogP contribution in [-0.4, -0.2) is 25.1 Å². The maximum Gasteiger partial charge on any atom is 0.265 e. The Morgan fingerprint density at radius 3 is 2.27 bits per heavy atom. The molecule has 0 aliphatic carbocycles. The van der Waals surface area contributed by atoms with E-state index in [9.17, 15) is 13.2 Å². The standard InChI is InChI=1S/C22H19N3O4S/c1-15-23-21-6-4-3-5-20(21)22(26)25(15)17-9-7-16(8-10-17)24-30(27,28)19-13-11-18(29-2)12-14-19/h3-14,24H,1-2H3. The van der Waals surface area contributed by atoms with Crippen LogP contribution in [-0.2, 0) is 10.0 Å². The van der Waals surface area contributed by atoms with Crippen molar-refractivity contribution < 1.29 is 13.2 Å². The van der Waals surface area contributed by atoms with Crippen LogP contribution in [0.2, 0.25) is 0 Å². The second-order valence-electron chi connectivity index (χ2n) is 6.64. The fraction of sp³-hybridized carbons (Fsp3) is 0.0909. The molecule has 0 radical (unpaired) electrons. The highest BCUT2D eigenvalue weighted by Gasteiger charge is 2.15. The van der Waals surface area contributed by atoms with E-state index in [2.05, 4.69) is 9.71 Å². The molecule has 1 heterocycles. The normalized spacial score (nSPS) is 11.4. The van der Waals surface area contributed by atoms with Crippen molar-refractivity contribution in [3.05, 3.63) is 89.0 Å². The van der Waals surface area contributed by atoms with Gasteiger partial charge in [-0.3, -0.25) is 14.1 Å². The predicted octanol–water partition coefficient (Wildman–Crippen LogP) is 3.50. The minimum atomic E-state index is -3.75. The Labute approximate surface area is 173 Å². The lowest BCUT2D eigenvalue weighted by Crippen LogP contribution is -2.22. The fourth-order valence-electron chi connectivity index (χ4n) is 3.20. The lowest BCUT2D eigenvalue weighted by atomic mass is 10.2. The van der Waals surface area contributed by atoms with Gasteiger partial charge in [-0.15, -0.1) is 0 Å². The monoisotopic (exact) mass is 421 g/mol. The van der Waals surface area contributed by atoms with Gasteiger partial charge < -0.3 is 4.74 Å². The number of methoxy groups -OCH3 is 1. The Bertz CT molecular complexity index is 1380.